The number of Topliss-reactive ketones (excluding diaryl/α,β-unsaturated/α-hetero) is 1. The summed E-state index contributed by atoms with van der Waals surface area (Å²) in [4.78, 5) is 36.8. The van der Waals surface area contributed by atoms with Gasteiger partial charge in [-0.15, -0.1) is 0 Å². The summed E-state index contributed by atoms with van der Waals surface area (Å²) in [6, 6.07) is 7.63. The van der Waals surface area contributed by atoms with Gasteiger partial charge in [0.25, 0.3) is 5.91 Å². The normalized spacial score (nSPS) is 21.9. The molecule has 4 aromatic rings. The molecule has 11 heteroatoms. The Labute approximate surface area is 212 Å². The molecule has 37 heavy (non-hydrogen) atoms. The van der Waals surface area contributed by atoms with Crippen LogP contribution in [0.15, 0.2) is 36.8 Å². The fraction of sp³-hybridized carbons (Fsp3) is 0.385. The van der Waals surface area contributed by atoms with Crippen LogP contribution >= 0.6 is 0 Å². The monoisotopic (exact) mass is 500 g/mol. The number of piperidine rings is 1. The number of amides is 1. The van der Waals surface area contributed by atoms with Crippen LogP contribution in [0, 0.1) is 0 Å². The minimum absolute atomic E-state index is 0.0251. The third-order valence-corrected chi connectivity index (χ3v) is 7.74. The van der Waals surface area contributed by atoms with Crippen LogP contribution in [0.2, 0.25) is 0 Å². The Hall–Kier alpha value is -4.12. The first-order chi connectivity index (χ1) is 17.8. The summed E-state index contributed by atoms with van der Waals surface area (Å²) in [5.74, 6) is 0.188. The molecule has 4 N–H and O–H groups in total. The van der Waals surface area contributed by atoms with Gasteiger partial charge >= 0.3 is 0 Å². The van der Waals surface area contributed by atoms with E-state index in [0.717, 1.165) is 29.5 Å². The molecule has 4 atom stereocenters. The number of hydrogen-bond acceptors (Lipinski definition) is 8. The van der Waals surface area contributed by atoms with E-state index in [0.29, 0.717) is 29.7 Å². The predicted octanol–water partition coefficient (Wildman–Crippen LogP) is 2.90. The number of ketones is 1. The van der Waals surface area contributed by atoms with Crippen molar-refractivity contribution in [2.75, 3.05) is 5.73 Å². The number of nitrogens with two attached hydrogens (primary N) is 1. The maximum absolute atomic E-state index is 13.1. The lowest BCUT2D eigenvalue weighted by Crippen LogP contribution is -2.46. The molecule has 6 rings (SSSR count). The van der Waals surface area contributed by atoms with Crippen molar-refractivity contribution in [3.8, 4) is 11.1 Å². The van der Waals surface area contributed by atoms with Crippen LogP contribution in [-0.4, -0.2) is 63.6 Å². The topological polar surface area (TPSA) is 155 Å². The van der Waals surface area contributed by atoms with Crippen molar-refractivity contribution >= 4 is 23.2 Å². The van der Waals surface area contributed by atoms with Crippen LogP contribution in [0.5, 0.6) is 0 Å². The first-order valence-corrected chi connectivity index (χ1v) is 12.5. The Morgan fingerprint density at radius 1 is 1.16 bits per heavy atom. The predicted molar refractivity (Wildman–Crippen MR) is 135 cm³/mol. The summed E-state index contributed by atoms with van der Waals surface area (Å²) in [6.07, 6.45) is 5.63. The van der Waals surface area contributed by atoms with Crippen molar-refractivity contribution < 1.29 is 14.7 Å². The lowest BCUT2D eigenvalue weighted by Gasteiger charge is -2.38. The fourth-order valence-electron chi connectivity index (χ4n) is 6.00. The Morgan fingerprint density at radius 3 is 2.46 bits per heavy atom. The summed E-state index contributed by atoms with van der Waals surface area (Å²) >= 11 is 0. The molecule has 1 amide bonds. The van der Waals surface area contributed by atoms with Crippen molar-refractivity contribution in [3.63, 3.8) is 0 Å². The van der Waals surface area contributed by atoms with E-state index in [9.17, 15) is 14.7 Å². The van der Waals surface area contributed by atoms with Gasteiger partial charge in [0.15, 0.2) is 11.4 Å². The minimum Gasteiger partial charge on any atom is -0.389 e. The molecule has 0 radical (unpaired) electrons. The van der Waals surface area contributed by atoms with Gasteiger partial charge in [-0.2, -0.15) is 14.7 Å². The van der Waals surface area contributed by atoms with Crippen LogP contribution in [0.4, 0.5) is 5.82 Å². The molecule has 0 aliphatic carbocycles. The number of aliphatic hydroxyl groups excluding tert-OH is 1. The highest BCUT2D eigenvalue weighted by molar-refractivity contribution is 6.00. The molecule has 1 aromatic carbocycles. The van der Waals surface area contributed by atoms with E-state index in [-0.39, 0.29) is 41.3 Å². The molecule has 0 spiro atoms. The Morgan fingerprint density at radius 2 is 1.86 bits per heavy atom. The van der Waals surface area contributed by atoms with Crippen molar-refractivity contribution in [1.82, 2.24) is 34.7 Å². The van der Waals surface area contributed by atoms with Crippen molar-refractivity contribution in [2.24, 2.45) is 0 Å². The number of rotatable bonds is 5. The highest BCUT2D eigenvalue weighted by Gasteiger charge is 2.45. The highest BCUT2D eigenvalue weighted by Crippen LogP contribution is 2.45. The number of aromatic amines is 1. The number of hydrogen-bond donors (Lipinski definition) is 3. The van der Waals surface area contributed by atoms with E-state index >= 15 is 0 Å². The number of aromatic nitrogens is 6. The molecule has 190 valence electrons. The van der Waals surface area contributed by atoms with Gasteiger partial charge in [-0.05, 0) is 50.7 Å². The van der Waals surface area contributed by atoms with E-state index in [1.807, 2.05) is 29.2 Å². The maximum Gasteiger partial charge on any atom is 0.291 e. The largest absolute Gasteiger partial charge is 0.389 e. The number of anilines is 1. The lowest BCUT2D eigenvalue weighted by atomic mass is 9.85. The molecule has 5 heterocycles. The second-order valence-corrected chi connectivity index (χ2v) is 10.0. The summed E-state index contributed by atoms with van der Waals surface area (Å²) in [5.41, 5.74) is 10.7. The summed E-state index contributed by atoms with van der Waals surface area (Å²) in [7, 11) is 0. The average molecular weight is 501 g/mol. The van der Waals surface area contributed by atoms with Crippen LogP contribution in [0.3, 0.4) is 0 Å². The van der Waals surface area contributed by atoms with Crippen LogP contribution < -0.4 is 5.73 Å². The molecule has 0 saturated carbocycles. The summed E-state index contributed by atoms with van der Waals surface area (Å²) in [5, 5.41) is 20.8. The van der Waals surface area contributed by atoms with Crippen LogP contribution in [0.1, 0.15) is 83.8 Å². The van der Waals surface area contributed by atoms with Gasteiger partial charge in [-0.25, -0.2) is 9.97 Å². The van der Waals surface area contributed by atoms with Gasteiger partial charge in [0.05, 0.1) is 23.6 Å². The Kier molecular flexibility index (Phi) is 5.52. The molecule has 2 fully saturated rings. The van der Waals surface area contributed by atoms with E-state index in [1.54, 1.807) is 13.1 Å². The van der Waals surface area contributed by atoms with Crippen LogP contribution in [0.25, 0.3) is 16.8 Å². The van der Waals surface area contributed by atoms with E-state index < -0.39 is 6.10 Å². The quantitative estimate of drug-likeness (QED) is 0.353. The molecule has 2 aliphatic heterocycles. The smallest absolute Gasteiger partial charge is 0.291 e. The number of carbonyl (C=O) groups excluding carboxylic acids is 2. The standard InChI is InChI=1S/C26H28N8O3/c1-13(35)15-3-5-16(6-4-15)20-11-30-34-23(27)21(14(2)36)22(31-25(20)34)17-9-18-7-8-19(10-17)33(18)26(37)24-28-12-29-32-24/h3-6,11-13,17-19,35H,7-10,27H2,1-2H3,(H,28,29,32)/t13?,17?,18-,19+. The van der Waals surface area contributed by atoms with Crippen LogP contribution in [-0.2, 0) is 0 Å². The number of nitrogen functional groups attached to an aromatic ring is 1. The van der Waals surface area contributed by atoms with E-state index in [2.05, 4.69) is 20.3 Å². The van der Waals surface area contributed by atoms with Gasteiger partial charge < -0.3 is 15.7 Å². The van der Waals surface area contributed by atoms with E-state index in [4.69, 9.17) is 10.7 Å². The molecule has 2 unspecified atom stereocenters. The van der Waals surface area contributed by atoms with E-state index in [1.165, 1.54) is 17.8 Å². The Balaban J connectivity index is 1.40. The zero-order valence-corrected chi connectivity index (χ0v) is 20.6. The second-order valence-electron chi connectivity index (χ2n) is 10.0. The molecule has 11 nitrogen and oxygen atoms in total. The minimum atomic E-state index is -0.561. The molecular formula is C26H28N8O3. The number of benzene rings is 1. The lowest BCUT2D eigenvalue weighted by molar-refractivity contribution is 0.0556. The summed E-state index contributed by atoms with van der Waals surface area (Å²) < 4.78 is 1.52. The van der Waals surface area contributed by atoms with Gasteiger partial charge in [0, 0.05) is 23.6 Å². The van der Waals surface area contributed by atoms with Gasteiger partial charge in [-0.3, -0.25) is 14.7 Å². The number of fused-ring (bicyclic) bond motifs is 3. The average Bonchev–Trinajstić information content (AvgIpc) is 3.62. The third-order valence-electron chi connectivity index (χ3n) is 7.74. The highest BCUT2D eigenvalue weighted by atomic mass is 16.3. The fourth-order valence-corrected chi connectivity index (χ4v) is 6.00. The molecule has 2 aliphatic rings. The van der Waals surface area contributed by atoms with Gasteiger partial charge in [-0.1, -0.05) is 24.3 Å². The molecule has 2 saturated heterocycles. The van der Waals surface area contributed by atoms with Crippen molar-refractivity contribution in [3.05, 3.63) is 59.4 Å². The first-order valence-electron chi connectivity index (χ1n) is 12.5. The number of nitrogens with zero attached hydrogens (tertiary/aromatic N) is 6. The number of carbonyl (C=O) groups is 2. The van der Waals surface area contributed by atoms with Crippen molar-refractivity contribution in [1.29, 1.82) is 0 Å². The van der Waals surface area contributed by atoms with Gasteiger partial charge in [0.2, 0.25) is 5.82 Å². The number of H-pyrrole nitrogens is 1. The molecular weight excluding hydrogens is 472 g/mol. The first kappa shape index (κ1) is 23.3. The molecule has 3 aromatic heterocycles. The van der Waals surface area contributed by atoms with Crippen molar-refractivity contribution in [2.45, 2.75) is 63.6 Å². The Bertz CT molecular complexity index is 1480. The zero-order chi connectivity index (χ0) is 25.8. The number of aliphatic hydroxyl groups is 1. The van der Waals surface area contributed by atoms with Gasteiger partial charge in [0.1, 0.15) is 12.1 Å². The summed E-state index contributed by atoms with van der Waals surface area (Å²) in [6.45, 7) is 3.22. The SMILES string of the molecule is CC(=O)c1c(C2C[C@H]3CC[C@@H](C2)N3C(=O)c2ncn[nH]2)nc2c(-c3ccc(C(C)O)cc3)cnn2c1N. The maximum atomic E-state index is 13.1. The zero-order valence-electron chi connectivity index (χ0n) is 20.6. The molecule has 2 bridgehead atoms. The number of nitrogens with one attached hydrogen (secondary N) is 1. The third kappa shape index (κ3) is 3.77. The second kappa shape index (κ2) is 8.77.